The van der Waals surface area contributed by atoms with Crippen molar-refractivity contribution in [3.05, 3.63) is 46.0 Å². The molecule has 0 aliphatic carbocycles. The van der Waals surface area contributed by atoms with Crippen LogP contribution >= 0.6 is 0 Å². The smallest absolute Gasteiger partial charge is 0.252 e. The van der Waals surface area contributed by atoms with Gasteiger partial charge in [-0.1, -0.05) is 0 Å². The van der Waals surface area contributed by atoms with Gasteiger partial charge in [0, 0.05) is 42.8 Å². The maximum absolute atomic E-state index is 12.9. The number of aromatic nitrogens is 5. The molecule has 4 heterocycles. The van der Waals surface area contributed by atoms with Crippen LogP contribution in [0.3, 0.4) is 0 Å². The van der Waals surface area contributed by atoms with Crippen LogP contribution in [0.2, 0.25) is 0 Å². The third-order valence-corrected chi connectivity index (χ3v) is 6.38. The summed E-state index contributed by atoms with van der Waals surface area (Å²) >= 11 is 0. The Morgan fingerprint density at radius 1 is 1.15 bits per heavy atom. The predicted octanol–water partition coefficient (Wildman–Crippen LogP) is 1.88. The summed E-state index contributed by atoms with van der Waals surface area (Å²) in [5.74, 6) is 1.52. The maximum atomic E-state index is 12.9. The molecule has 10 nitrogen and oxygen atoms in total. The average Bonchev–Trinajstić information content (AvgIpc) is 3.59. The Morgan fingerprint density at radius 2 is 1.97 bits per heavy atom. The van der Waals surface area contributed by atoms with Crippen LogP contribution in [-0.4, -0.2) is 69.2 Å². The summed E-state index contributed by atoms with van der Waals surface area (Å²) in [4.78, 5) is 18.0. The van der Waals surface area contributed by atoms with Gasteiger partial charge in [0.05, 0.1) is 32.4 Å². The molecule has 5 rings (SSSR count). The van der Waals surface area contributed by atoms with E-state index in [-0.39, 0.29) is 17.8 Å². The Kier molecular flexibility index (Phi) is 6.65. The van der Waals surface area contributed by atoms with Gasteiger partial charge in [-0.25, -0.2) is 4.68 Å². The summed E-state index contributed by atoms with van der Waals surface area (Å²) in [5, 5.41) is 13.3. The molecule has 2 aliphatic rings. The van der Waals surface area contributed by atoms with Crippen molar-refractivity contribution in [2.75, 3.05) is 26.9 Å². The van der Waals surface area contributed by atoms with Gasteiger partial charge in [0.1, 0.15) is 5.75 Å². The molecule has 2 fully saturated rings. The van der Waals surface area contributed by atoms with Gasteiger partial charge in [-0.15, -0.1) is 5.10 Å². The molecule has 0 saturated carbocycles. The minimum Gasteiger partial charge on any atom is -0.497 e. The molecule has 0 amide bonds. The fraction of sp³-hybridized carbons (Fsp3) is 0.565. The number of benzene rings is 1. The first-order chi connectivity index (χ1) is 16.2. The lowest BCUT2D eigenvalue weighted by molar-refractivity contribution is 0.0647. The lowest BCUT2D eigenvalue weighted by Gasteiger charge is -2.25. The minimum absolute atomic E-state index is 0.0936. The standard InChI is InChI=1S/C23H30N6O4/c1-31-18-6-7-21-16(11-18)10-17(23(30)24-21)12-28(13-19-4-2-8-32-19)15-22-25-26-27-29(22)14-20-5-3-9-33-20/h6-7,10-11,19-20H,2-5,8-9,12-15H2,1H3,(H,24,30)/t19-,20+/m1/s1. The molecule has 0 bridgehead atoms. The molecule has 1 N–H and O–H groups in total. The highest BCUT2D eigenvalue weighted by Crippen LogP contribution is 2.21. The van der Waals surface area contributed by atoms with E-state index in [1.807, 2.05) is 28.9 Å². The van der Waals surface area contributed by atoms with Crippen molar-refractivity contribution in [2.45, 2.75) is 57.5 Å². The first-order valence-corrected chi connectivity index (χ1v) is 11.6. The number of hydrogen-bond donors (Lipinski definition) is 1. The highest BCUT2D eigenvalue weighted by molar-refractivity contribution is 5.80. The first-order valence-electron chi connectivity index (χ1n) is 11.6. The summed E-state index contributed by atoms with van der Waals surface area (Å²) in [5.41, 5.74) is 1.38. The molecule has 0 spiro atoms. The van der Waals surface area contributed by atoms with Crippen molar-refractivity contribution in [1.82, 2.24) is 30.1 Å². The highest BCUT2D eigenvalue weighted by Gasteiger charge is 2.24. The summed E-state index contributed by atoms with van der Waals surface area (Å²) < 4.78 is 18.8. The van der Waals surface area contributed by atoms with Crippen LogP contribution in [0, 0.1) is 0 Å². The third-order valence-electron chi connectivity index (χ3n) is 6.38. The zero-order valence-corrected chi connectivity index (χ0v) is 18.9. The summed E-state index contributed by atoms with van der Waals surface area (Å²) in [6, 6.07) is 7.58. The van der Waals surface area contributed by atoms with E-state index < -0.39 is 0 Å². The molecule has 3 aromatic rings. The Morgan fingerprint density at radius 3 is 2.73 bits per heavy atom. The second-order valence-electron chi connectivity index (χ2n) is 8.79. The summed E-state index contributed by atoms with van der Waals surface area (Å²) in [6.45, 7) is 3.92. The second kappa shape index (κ2) is 9.98. The van der Waals surface area contributed by atoms with Gasteiger partial charge < -0.3 is 19.2 Å². The summed E-state index contributed by atoms with van der Waals surface area (Å²) in [6.07, 6.45) is 4.47. The maximum Gasteiger partial charge on any atom is 0.252 e. The largest absolute Gasteiger partial charge is 0.497 e. The number of ether oxygens (including phenoxy) is 3. The molecule has 2 aromatic heterocycles. The van der Waals surface area contributed by atoms with Gasteiger partial charge in [-0.3, -0.25) is 9.69 Å². The Hall–Kier alpha value is -2.82. The fourth-order valence-corrected chi connectivity index (χ4v) is 4.64. The Balaban J connectivity index is 1.38. The normalized spacial score (nSPS) is 20.8. The lowest BCUT2D eigenvalue weighted by Crippen LogP contribution is -2.34. The number of tetrazole rings is 1. The van der Waals surface area contributed by atoms with Crippen molar-refractivity contribution < 1.29 is 14.2 Å². The lowest BCUT2D eigenvalue weighted by atomic mass is 10.1. The van der Waals surface area contributed by atoms with Gasteiger partial charge >= 0.3 is 0 Å². The van der Waals surface area contributed by atoms with E-state index in [4.69, 9.17) is 14.2 Å². The number of methoxy groups -OCH3 is 1. The SMILES string of the molecule is COc1ccc2[nH]c(=O)c(CN(Cc3nnnn3C[C@@H]3CCCO3)C[C@H]3CCCO3)cc2c1. The van der Waals surface area contributed by atoms with Crippen LogP contribution in [0.5, 0.6) is 5.75 Å². The van der Waals surface area contributed by atoms with Crippen molar-refractivity contribution in [2.24, 2.45) is 0 Å². The van der Waals surface area contributed by atoms with Crippen molar-refractivity contribution in [3.63, 3.8) is 0 Å². The van der Waals surface area contributed by atoms with Gasteiger partial charge in [-0.05, 0) is 60.4 Å². The number of hydrogen-bond acceptors (Lipinski definition) is 8. The third kappa shape index (κ3) is 5.23. The number of nitrogens with zero attached hydrogens (tertiary/aromatic N) is 5. The molecule has 2 atom stereocenters. The highest BCUT2D eigenvalue weighted by atomic mass is 16.5. The zero-order valence-electron chi connectivity index (χ0n) is 18.9. The van der Waals surface area contributed by atoms with E-state index in [9.17, 15) is 4.79 Å². The number of H-pyrrole nitrogens is 1. The molecule has 10 heteroatoms. The quantitative estimate of drug-likeness (QED) is 0.522. The van der Waals surface area contributed by atoms with Crippen LogP contribution in [-0.2, 0) is 29.1 Å². The van der Waals surface area contributed by atoms with Gasteiger partial charge in [-0.2, -0.15) is 0 Å². The second-order valence-corrected chi connectivity index (χ2v) is 8.79. The number of aromatic amines is 1. The van der Waals surface area contributed by atoms with Crippen molar-refractivity contribution in [1.29, 1.82) is 0 Å². The molecule has 0 radical (unpaired) electrons. The molecule has 2 saturated heterocycles. The topological polar surface area (TPSA) is 107 Å². The van der Waals surface area contributed by atoms with Crippen LogP contribution < -0.4 is 10.3 Å². The molecule has 33 heavy (non-hydrogen) atoms. The molecule has 0 unspecified atom stereocenters. The predicted molar refractivity (Wildman–Crippen MR) is 121 cm³/mol. The van der Waals surface area contributed by atoms with E-state index in [0.717, 1.165) is 61.4 Å². The number of pyridine rings is 1. The molecular weight excluding hydrogens is 424 g/mol. The fourth-order valence-electron chi connectivity index (χ4n) is 4.64. The minimum atomic E-state index is -0.0936. The van der Waals surface area contributed by atoms with Crippen molar-refractivity contribution >= 4 is 10.9 Å². The van der Waals surface area contributed by atoms with E-state index >= 15 is 0 Å². The number of rotatable bonds is 9. The average molecular weight is 455 g/mol. The molecule has 1 aromatic carbocycles. The molecular formula is C23H30N6O4. The van der Waals surface area contributed by atoms with Crippen LogP contribution in [0.25, 0.3) is 10.9 Å². The van der Waals surface area contributed by atoms with Crippen LogP contribution in [0.4, 0.5) is 0 Å². The first kappa shape index (κ1) is 22.0. The Labute approximate surface area is 191 Å². The zero-order chi connectivity index (χ0) is 22.6. The molecule has 176 valence electrons. The van der Waals surface area contributed by atoms with Crippen LogP contribution in [0.15, 0.2) is 29.1 Å². The van der Waals surface area contributed by atoms with E-state index in [2.05, 4.69) is 25.4 Å². The Bertz CT molecular complexity index is 1130. The number of fused-ring (bicyclic) bond motifs is 1. The van der Waals surface area contributed by atoms with Crippen molar-refractivity contribution in [3.8, 4) is 5.75 Å². The van der Waals surface area contributed by atoms with Crippen LogP contribution in [0.1, 0.15) is 37.1 Å². The molecule has 2 aliphatic heterocycles. The van der Waals surface area contributed by atoms with E-state index in [1.165, 1.54) is 0 Å². The van der Waals surface area contributed by atoms with E-state index in [0.29, 0.717) is 31.7 Å². The van der Waals surface area contributed by atoms with Gasteiger partial charge in [0.25, 0.3) is 5.56 Å². The summed E-state index contributed by atoms with van der Waals surface area (Å²) in [7, 11) is 1.64. The van der Waals surface area contributed by atoms with E-state index in [1.54, 1.807) is 7.11 Å². The number of nitrogens with one attached hydrogen (secondary N) is 1. The monoisotopic (exact) mass is 454 g/mol. The van der Waals surface area contributed by atoms with Gasteiger partial charge in [0.15, 0.2) is 5.82 Å². The van der Waals surface area contributed by atoms with Gasteiger partial charge in [0.2, 0.25) is 0 Å².